The molecule has 0 saturated carbocycles. The third-order valence-corrected chi connectivity index (χ3v) is 13.2. The average Bonchev–Trinajstić information content (AvgIpc) is 4.02. The summed E-state index contributed by atoms with van der Waals surface area (Å²) in [7, 11) is 2.17. The van der Waals surface area contributed by atoms with Gasteiger partial charge in [-0.1, -0.05) is 84.9 Å². The molecule has 6 nitrogen and oxygen atoms in total. The largest absolute Gasteiger partial charge is 0.336 e. The van der Waals surface area contributed by atoms with Crippen LogP contribution in [0.25, 0.3) is 99.2 Å². The molecule has 8 aromatic carbocycles. The fourth-order valence-electron chi connectivity index (χ4n) is 10.2. The highest BCUT2D eigenvalue weighted by Gasteiger charge is 2.38. The van der Waals surface area contributed by atoms with Crippen LogP contribution in [0.15, 0.2) is 176 Å². The second-order valence-electron chi connectivity index (χ2n) is 16.5. The molecule has 59 heavy (non-hydrogen) atoms. The molecule has 0 saturated heterocycles. The van der Waals surface area contributed by atoms with Crippen LogP contribution in [-0.4, -0.2) is 30.3 Å². The summed E-state index contributed by atoms with van der Waals surface area (Å²) in [6, 6.07) is 64.5. The van der Waals surface area contributed by atoms with Crippen molar-refractivity contribution in [3.63, 3.8) is 0 Å². The summed E-state index contributed by atoms with van der Waals surface area (Å²) < 4.78 is 9.64. The molecule has 1 aliphatic rings. The first kappa shape index (κ1) is 32.5. The number of benzene rings is 8. The predicted molar refractivity (Wildman–Crippen MR) is 246 cm³/mol. The van der Waals surface area contributed by atoms with Crippen molar-refractivity contribution in [3.8, 4) is 22.7 Å². The Balaban J connectivity index is 1.10. The molecule has 280 valence electrons. The molecule has 4 aromatic heterocycles. The minimum atomic E-state index is -0.311. The van der Waals surface area contributed by atoms with Crippen LogP contribution in [0.1, 0.15) is 19.4 Å². The van der Waals surface area contributed by atoms with Crippen molar-refractivity contribution >= 4 is 82.4 Å². The van der Waals surface area contributed by atoms with Gasteiger partial charge in [0.1, 0.15) is 0 Å². The normalized spacial score (nSPS) is 13.8. The zero-order valence-electron chi connectivity index (χ0n) is 32.9. The van der Waals surface area contributed by atoms with Crippen LogP contribution in [0.4, 0.5) is 5.95 Å². The maximum absolute atomic E-state index is 5.10. The highest BCUT2D eigenvalue weighted by molar-refractivity contribution is 6.14. The molecule has 5 heterocycles. The van der Waals surface area contributed by atoms with E-state index in [1.807, 2.05) is 0 Å². The molecule has 0 bridgehead atoms. The quantitative estimate of drug-likeness (QED) is 0.180. The van der Waals surface area contributed by atoms with E-state index in [1.165, 1.54) is 76.7 Å². The SMILES string of the molecule is CN1c2nc3ccccc3n2-c2ccc(-n3c4ccc(-n5c6ccccc6c6ccccc65)cc4c4cc(-n5c6ccccc6c6ccccc65)ccc43)cc2C1(C)C. The van der Waals surface area contributed by atoms with Gasteiger partial charge in [-0.15, -0.1) is 0 Å². The van der Waals surface area contributed by atoms with E-state index in [1.54, 1.807) is 0 Å². The Morgan fingerprint density at radius 2 is 0.763 bits per heavy atom. The summed E-state index contributed by atoms with van der Waals surface area (Å²) in [5.74, 6) is 0.962. The van der Waals surface area contributed by atoms with Gasteiger partial charge in [-0.3, -0.25) is 4.57 Å². The predicted octanol–water partition coefficient (Wildman–Crippen LogP) is 13.0. The number of aromatic nitrogens is 5. The van der Waals surface area contributed by atoms with Gasteiger partial charge >= 0.3 is 0 Å². The number of imidazole rings is 1. The molecule has 0 atom stereocenters. The van der Waals surface area contributed by atoms with Crippen molar-refractivity contribution in [3.05, 3.63) is 181 Å². The van der Waals surface area contributed by atoms with Crippen LogP contribution in [0.2, 0.25) is 0 Å². The first-order valence-electron chi connectivity index (χ1n) is 20.4. The van der Waals surface area contributed by atoms with Crippen molar-refractivity contribution in [1.29, 1.82) is 0 Å². The van der Waals surface area contributed by atoms with E-state index >= 15 is 0 Å². The molecule has 1 aliphatic heterocycles. The Kier molecular flexibility index (Phi) is 6.35. The lowest BCUT2D eigenvalue weighted by atomic mass is 9.89. The topological polar surface area (TPSA) is 35.9 Å². The number of rotatable bonds is 3. The first-order valence-corrected chi connectivity index (χ1v) is 20.4. The van der Waals surface area contributed by atoms with Crippen molar-refractivity contribution < 1.29 is 0 Å². The Bertz CT molecular complexity index is 3460. The molecule has 0 aliphatic carbocycles. The van der Waals surface area contributed by atoms with E-state index in [9.17, 15) is 0 Å². The highest BCUT2D eigenvalue weighted by atomic mass is 15.4. The van der Waals surface area contributed by atoms with Gasteiger partial charge in [0, 0.05) is 62.0 Å². The molecule has 6 heteroatoms. The lowest BCUT2D eigenvalue weighted by Gasteiger charge is -2.42. The van der Waals surface area contributed by atoms with Crippen molar-refractivity contribution in [2.45, 2.75) is 19.4 Å². The Hall–Kier alpha value is -7.57. The number of anilines is 1. The van der Waals surface area contributed by atoms with Gasteiger partial charge in [0.25, 0.3) is 0 Å². The van der Waals surface area contributed by atoms with Crippen LogP contribution >= 0.6 is 0 Å². The molecule has 0 fully saturated rings. The summed E-state index contributed by atoms with van der Waals surface area (Å²) in [6.07, 6.45) is 0. The van der Waals surface area contributed by atoms with Crippen LogP contribution < -0.4 is 4.90 Å². The lowest BCUT2D eigenvalue weighted by molar-refractivity contribution is 0.486. The first-order chi connectivity index (χ1) is 29.0. The number of nitrogens with zero attached hydrogens (tertiary/aromatic N) is 6. The maximum Gasteiger partial charge on any atom is 0.211 e. The molecule has 0 unspecified atom stereocenters. The summed E-state index contributed by atoms with van der Waals surface area (Å²) >= 11 is 0. The molecule has 13 rings (SSSR count). The second-order valence-corrected chi connectivity index (χ2v) is 16.5. The van der Waals surface area contributed by atoms with E-state index in [0.717, 1.165) is 34.0 Å². The summed E-state index contributed by atoms with van der Waals surface area (Å²) in [5, 5.41) is 7.45. The second kappa shape index (κ2) is 11.5. The average molecular weight is 759 g/mol. The molecule has 0 radical (unpaired) electrons. The summed E-state index contributed by atoms with van der Waals surface area (Å²) in [6.45, 7) is 4.61. The zero-order valence-corrected chi connectivity index (χ0v) is 32.9. The van der Waals surface area contributed by atoms with Crippen LogP contribution in [0.3, 0.4) is 0 Å². The summed E-state index contributed by atoms with van der Waals surface area (Å²) in [4.78, 5) is 7.42. The van der Waals surface area contributed by atoms with Crippen molar-refractivity contribution in [2.24, 2.45) is 0 Å². The standard InChI is InChI=1S/C53H38N6/c1-53(2)42-32-35(26-29-50(42)59-51-23-13-8-18-43(51)54-52(59)55(53)3)58-48-27-24-33(56-44-19-9-4-14-36(44)37-15-5-10-20-45(37)56)30-40(48)41-31-34(25-28-49(41)58)57-46-21-11-6-16-38(46)39-17-7-12-22-47(39)57/h4-32H,1-3H3. The molecule has 0 N–H and O–H groups in total. The fraction of sp³-hybridized carbons (Fsp3) is 0.0755. The summed E-state index contributed by atoms with van der Waals surface area (Å²) in [5.41, 5.74) is 14.8. The van der Waals surface area contributed by atoms with Gasteiger partial charge in [-0.05, 0) is 105 Å². The number of hydrogen-bond donors (Lipinski definition) is 0. The molecule has 12 aromatic rings. The van der Waals surface area contributed by atoms with E-state index in [-0.39, 0.29) is 5.54 Å². The smallest absolute Gasteiger partial charge is 0.211 e. The van der Waals surface area contributed by atoms with E-state index in [2.05, 4.69) is 220 Å². The van der Waals surface area contributed by atoms with E-state index in [4.69, 9.17) is 4.98 Å². The van der Waals surface area contributed by atoms with E-state index in [0.29, 0.717) is 0 Å². The third-order valence-electron chi connectivity index (χ3n) is 13.2. The van der Waals surface area contributed by atoms with Crippen LogP contribution in [0, 0.1) is 0 Å². The number of para-hydroxylation sites is 6. The molecule has 0 spiro atoms. The number of fused-ring (bicyclic) bond motifs is 14. The van der Waals surface area contributed by atoms with Gasteiger partial charge in [-0.2, -0.15) is 0 Å². The maximum atomic E-state index is 5.10. The molecular weight excluding hydrogens is 721 g/mol. The Morgan fingerprint density at radius 1 is 0.373 bits per heavy atom. The van der Waals surface area contributed by atoms with Crippen LogP contribution in [-0.2, 0) is 5.54 Å². The van der Waals surface area contributed by atoms with Crippen molar-refractivity contribution in [2.75, 3.05) is 11.9 Å². The monoisotopic (exact) mass is 758 g/mol. The highest BCUT2D eigenvalue weighted by Crippen LogP contribution is 2.45. The van der Waals surface area contributed by atoms with Gasteiger partial charge < -0.3 is 18.6 Å². The Morgan fingerprint density at radius 3 is 1.25 bits per heavy atom. The minimum absolute atomic E-state index is 0.311. The van der Waals surface area contributed by atoms with E-state index < -0.39 is 0 Å². The van der Waals surface area contributed by atoms with Gasteiger partial charge in [-0.25, -0.2) is 4.98 Å². The third kappa shape index (κ3) is 4.27. The molecule has 0 amide bonds. The van der Waals surface area contributed by atoms with Gasteiger partial charge in [0.05, 0.1) is 55.4 Å². The molecular formula is C53H38N6. The Labute approximate surface area is 340 Å². The van der Waals surface area contributed by atoms with Crippen LogP contribution in [0.5, 0.6) is 0 Å². The fourth-order valence-corrected chi connectivity index (χ4v) is 10.2. The van der Waals surface area contributed by atoms with Crippen molar-refractivity contribution in [1.82, 2.24) is 23.3 Å². The number of hydrogen-bond acceptors (Lipinski definition) is 2. The van der Waals surface area contributed by atoms with Gasteiger partial charge in [0.15, 0.2) is 0 Å². The minimum Gasteiger partial charge on any atom is -0.336 e. The lowest BCUT2D eigenvalue weighted by Crippen LogP contribution is -2.44. The van der Waals surface area contributed by atoms with Gasteiger partial charge in [0.2, 0.25) is 5.95 Å². The zero-order chi connectivity index (χ0) is 39.1.